The third-order valence-electron chi connectivity index (χ3n) is 9.80. The number of nitrogens with zero attached hydrogens (tertiary/aromatic N) is 1. The SMILES string of the molecule is CCCCCCCCCCCCCCCCCCCCCCOc1ccc(C=Cc2cc[n+](CCCCCCCCCC)cc2)cc1.[Br-]. The molecule has 0 radical (unpaired) electrons. The summed E-state index contributed by atoms with van der Waals surface area (Å²) < 4.78 is 8.34. The number of hydrogen-bond donors (Lipinski definition) is 0. The molecule has 0 atom stereocenters. The fraction of sp³-hybridized carbons (Fsp3) is 0.711. The fourth-order valence-electron chi connectivity index (χ4n) is 6.57. The highest BCUT2D eigenvalue weighted by Crippen LogP contribution is 2.17. The largest absolute Gasteiger partial charge is 1.00 e. The summed E-state index contributed by atoms with van der Waals surface area (Å²) in [5.41, 5.74) is 2.46. The van der Waals surface area contributed by atoms with Gasteiger partial charge in [0, 0.05) is 18.6 Å². The summed E-state index contributed by atoms with van der Waals surface area (Å²) >= 11 is 0. The van der Waals surface area contributed by atoms with E-state index in [-0.39, 0.29) is 17.0 Å². The predicted octanol–water partition coefficient (Wildman–Crippen LogP) is 11.5. The van der Waals surface area contributed by atoms with Gasteiger partial charge in [0.05, 0.1) is 6.61 Å². The van der Waals surface area contributed by atoms with E-state index in [1.165, 1.54) is 184 Å². The third kappa shape index (κ3) is 26.3. The van der Waals surface area contributed by atoms with Gasteiger partial charge in [-0.05, 0) is 36.1 Å². The molecule has 274 valence electrons. The monoisotopic (exact) mass is 726 g/mol. The predicted molar refractivity (Wildman–Crippen MR) is 208 cm³/mol. The zero-order valence-corrected chi connectivity index (χ0v) is 33.3. The molecule has 2 nitrogen and oxygen atoms in total. The van der Waals surface area contributed by atoms with E-state index in [4.69, 9.17) is 4.74 Å². The summed E-state index contributed by atoms with van der Waals surface area (Å²) in [6.07, 6.45) is 48.2. The maximum atomic E-state index is 6.02. The molecule has 0 N–H and O–H groups in total. The van der Waals surface area contributed by atoms with Crippen LogP contribution < -0.4 is 26.3 Å². The lowest BCUT2D eigenvalue weighted by Gasteiger charge is -2.07. The Morgan fingerprint density at radius 3 is 1.15 bits per heavy atom. The van der Waals surface area contributed by atoms with Crippen molar-refractivity contribution < 1.29 is 26.3 Å². The van der Waals surface area contributed by atoms with Gasteiger partial charge < -0.3 is 21.7 Å². The molecule has 2 rings (SSSR count). The Hall–Kier alpha value is -1.61. The summed E-state index contributed by atoms with van der Waals surface area (Å²) in [5, 5.41) is 0. The molecule has 0 bridgehead atoms. The van der Waals surface area contributed by atoms with Gasteiger partial charge in [-0.2, -0.15) is 0 Å². The lowest BCUT2D eigenvalue weighted by Crippen LogP contribution is -3.00. The molecule has 0 saturated heterocycles. The molecular weight excluding hydrogens is 650 g/mol. The van der Waals surface area contributed by atoms with Gasteiger partial charge in [-0.3, -0.25) is 0 Å². The first-order chi connectivity index (χ1) is 23.3. The fourth-order valence-corrected chi connectivity index (χ4v) is 6.57. The highest BCUT2D eigenvalue weighted by Gasteiger charge is 2.01. The average molecular weight is 727 g/mol. The van der Waals surface area contributed by atoms with E-state index in [2.05, 4.69) is 79.4 Å². The van der Waals surface area contributed by atoms with E-state index < -0.39 is 0 Å². The molecule has 0 aliphatic heterocycles. The highest BCUT2D eigenvalue weighted by molar-refractivity contribution is 5.69. The van der Waals surface area contributed by atoms with Crippen LogP contribution in [0.2, 0.25) is 0 Å². The number of hydrogen-bond acceptors (Lipinski definition) is 1. The lowest BCUT2D eigenvalue weighted by molar-refractivity contribution is -0.697. The first kappa shape index (κ1) is 44.4. The van der Waals surface area contributed by atoms with Crippen LogP contribution in [0.1, 0.15) is 205 Å². The van der Waals surface area contributed by atoms with Crippen molar-refractivity contribution in [2.75, 3.05) is 6.61 Å². The minimum absolute atomic E-state index is 0. The molecule has 0 saturated carbocycles. The van der Waals surface area contributed by atoms with Crippen LogP contribution in [0.3, 0.4) is 0 Å². The molecule has 0 fully saturated rings. The van der Waals surface area contributed by atoms with Crippen molar-refractivity contribution in [3.8, 4) is 5.75 Å². The Balaban J connectivity index is 0.0000115. The standard InChI is InChI=1S/C45H76NO.BrH/c1-3-5-7-9-11-13-14-15-16-17-18-19-20-21-22-23-24-26-28-30-42-47-45-35-33-43(34-36-45)31-32-44-37-40-46(41-38-44)39-29-27-25-12-10-8-6-4-2;/h31-38,40-41H,3-30,39,42H2,1-2H3;1H/q+1;/p-1. The molecule has 0 spiro atoms. The minimum Gasteiger partial charge on any atom is -1.00 e. The molecule has 1 heterocycles. The van der Waals surface area contributed by atoms with Crippen molar-refractivity contribution >= 4 is 12.2 Å². The van der Waals surface area contributed by atoms with E-state index in [1.807, 2.05) is 0 Å². The Morgan fingerprint density at radius 1 is 0.417 bits per heavy atom. The zero-order valence-electron chi connectivity index (χ0n) is 31.7. The summed E-state index contributed by atoms with van der Waals surface area (Å²) in [6, 6.07) is 13.0. The van der Waals surface area contributed by atoms with E-state index in [0.717, 1.165) is 25.3 Å². The number of pyridine rings is 1. The van der Waals surface area contributed by atoms with Crippen LogP contribution in [-0.4, -0.2) is 6.61 Å². The van der Waals surface area contributed by atoms with Crippen LogP contribution in [0.5, 0.6) is 5.75 Å². The van der Waals surface area contributed by atoms with Crippen molar-refractivity contribution in [1.29, 1.82) is 0 Å². The van der Waals surface area contributed by atoms with Crippen molar-refractivity contribution in [2.24, 2.45) is 0 Å². The molecule has 48 heavy (non-hydrogen) atoms. The second-order valence-corrected chi connectivity index (χ2v) is 14.3. The summed E-state index contributed by atoms with van der Waals surface area (Å²) in [7, 11) is 0. The number of ether oxygens (including phenoxy) is 1. The van der Waals surface area contributed by atoms with Gasteiger partial charge in [-0.25, -0.2) is 4.57 Å². The van der Waals surface area contributed by atoms with Gasteiger partial charge in [-0.1, -0.05) is 199 Å². The second kappa shape index (κ2) is 33.9. The summed E-state index contributed by atoms with van der Waals surface area (Å²) in [5.74, 6) is 0.988. The van der Waals surface area contributed by atoms with Gasteiger partial charge in [0.2, 0.25) is 0 Å². The van der Waals surface area contributed by atoms with Crippen molar-refractivity contribution in [3.63, 3.8) is 0 Å². The van der Waals surface area contributed by atoms with Gasteiger partial charge >= 0.3 is 0 Å². The molecule has 3 heteroatoms. The zero-order chi connectivity index (χ0) is 33.3. The Kier molecular flexibility index (Phi) is 31.3. The quantitative estimate of drug-likeness (QED) is 0.0527. The van der Waals surface area contributed by atoms with E-state index in [0.29, 0.717) is 0 Å². The smallest absolute Gasteiger partial charge is 0.169 e. The van der Waals surface area contributed by atoms with Crippen LogP contribution in [0, 0.1) is 0 Å². The summed E-state index contributed by atoms with van der Waals surface area (Å²) in [4.78, 5) is 0. The first-order valence-electron chi connectivity index (χ1n) is 20.7. The Bertz CT molecular complexity index is 954. The van der Waals surface area contributed by atoms with Crippen LogP contribution in [0.15, 0.2) is 48.8 Å². The number of benzene rings is 1. The van der Waals surface area contributed by atoms with E-state index in [1.54, 1.807) is 0 Å². The van der Waals surface area contributed by atoms with Crippen molar-refractivity contribution in [3.05, 3.63) is 59.9 Å². The number of aromatic nitrogens is 1. The number of halogens is 1. The van der Waals surface area contributed by atoms with Crippen molar-refractivity contribution in [2.45, 2.75) is 200 Å². The highest BCUT2D eigenvalue weighted by atomic mass is 79.9. The first-order valence-corrected chi connectivity index (χ1v) is 20.7. The molecule has 2 aromatic rings. The second-order valence-electron chi connectivity index (χ2n) is 14.3. The van der Waals surface area contributed by atoms with Crippen molar-refractivity contribution in [1.82, 2.24) is 0 Å². The summed E-state index contributed by atoms with van der Waals surface area (Å²) in [6.45, 7) is 6.54. The molecule has 0 aliphatic carbocycles. The molecule has 0 unspecified atom stereocenters. The van der Waals surface area contributed by atoms with Crippen LogP contribution >= 0.6 is 0 Å². The number of aryl methyl sites for hydroxylation is 1. The van der Waals surface area contributed by atoms with Crippen LogP contribution in [0.4, 0.5) is 0 Å². The van der Waals surface area contributed by atoms with E-state index in [9.17, 15) is 0 Å². The Morgan fingerprint density at radius 2 is 0.750 bits per heavy atom. The van der Waals surface area contributed by atoms with Gasteiger partial charge in [-0.15, -0.1) is 0 Å². The maximum absolute atomic E-state index is 6.02. The van der Waals surface area contributed by atoms with Crippen LogP contribution in [0.25, 0.3) is 12.2 Å². The maximum Gasteiger partial charge on any atom is 0.169 e. The molecule has 0 aliphatic rings. The topological polar surface area (TPSA) is 13.1 Å². The molecule has 1 aromatic heterocycles. The Labute approximate surface area is 309 Å². The van der Waals surface area contributed by atoms with E-state index >= 15 is 0 Å². The van der Waals surface area contributed by atoms with Gasteiger partial charge in [0.15, 0.2) is 12.4 Å². The lowest BCUT2D eigenvalue weighted by atomic mass is 10.0. The number of rotatable bonds is 33. The number of unbranched alkanes of at least 4 members (excludes halogenated alkanes) is 26. The minimum atomic E-state index is 0. The average Bonchev–Trinajstić information content (AvgIpc) is 3.10. The normalized spacial score (nSPS) is 11.3. The molecule has 1 aromatic carbocycles. The van der Waals surface area contributed by atoms with Gasteiger partial charge in [0.1, 0.15) is 12.3 Å². The third-order valence-corrected chi connectivity index (χ3v) is 9.80. The molecular formula is C45H76BrNO. The van der Waals surface area contributed by atoms with Crippen LogP contribution in [-0.2, 0) is 6.54 Å². The molecule has 0 amide bonds. The van der Waals surface area contributed by atoms with Gasteiger partial charge in [0.25, 0.3) is 0 Å².